The van der Waals surface area contributed by atoms with E-state index >= 15 is 0 Å². The molecule has 2 aromatic carbocycles. The quantitative estimate of drug-likeness (QED) is 0.276. The van der Waals surface area contributed by atoms with Crippen LogP contribution in [0.2, 0.25) is 0 Å². The molecule has 0 bridgehead atoms. The van der Waals surface area contributed by atoms with Gasteiger partial charge in [-0.05, 0) is 42.7 Å². The van der Waals surface area contributed by atoms with Crippen molar-refractivity contribution in [2.45, 2.75) is 13.3 Å². The van der Waals surface area contributed by atoms with Gasteiger partial charge in [0.05, 0.1) is 23.1 Å². The second-order valence-electron chi connectivity index (χ2n) is 7.72. The predicted molar refractivity (Wildman–Crippen MR) is 118 cm³/mol. The Morgan fingerprint density at radius 3 is 2.52 bits per heavy atom. The summed E-state index contributed by atoms with van der Waals surface area (Å²) in [5.41, 5.74) is 0.941. The number of carbonyl (C=O) groups is 4. The molecule has 0 radical (unpaired) electrons. The molecule has 0 saturated carbocycles. The SMILES string of the molecule is C[C@H]1C=CC[C@@H]2C(=O)N(c3cccc(C(=O)OCC(=O)c4ccc(Br)cc4)c3)C(=O)[C@@H]21. The van der Waals surface area contributed by atoms with Gasteiger partial charge < -0.3 is 4.74 Å². The highest BCUT2D eigenvalue weighted by molar-refractivity contribution is 9.10. The molecule has 158 valence electrons. The normalized spacial score (nSPS) is 22.4. The number of halogens is 1. The van der Waals surface area contributed by atoms with E-state index in [2.05, 4.69) is 15.9 Å². The van der Waals surface area contributed by atoms with Gasteiger partial charge in [-0.3, -0.25) is 19.3 Å². The number of nitrogens with zero attached hydrogens (tertiary/aromatic N) is 1. The van der Waals surface area contributed by atoms with Crippen LogP contribution in [0.3, 0.4) is 0 Å². The smallest absolute Gasteiger partial charge is 0.338 e. The van der Waals surface area contributed by atoms with Crippen molar-refractivity contribution in [3.63, 3.8) is 0 Å². The number of anilines is 1. The number of fused-ring (bicyclic) bond motifs is 1. The second kappa shape index (κ2) is 8.59. The van der Waals surface area contributed by atoms with Gasteiger partial charge in [-0.15, -0.1) is 0 Å². The Bertz CT molecular complexity index is 1090. The molecule has 2 amide bonds. The molecule has 0 unspecified atom stereocenters. The molecule has 0 aromatic heterocycles. The molecule has 1 heterocycles. The topological polar surface area (TPSA) is 80.8 Å². The average molecular weight is 482 g/mol. The minimum Gasteiger partial charge on any atom is -0.454 e. The zero-order valence-electron chi connectivity index (χ0n) is 16.8. The van der Waals surface area contributed by atoms with Crippen molar-refractivity contribution in [1.29, 1.82) is 0 Å². The number of ketones is 1. The Labute approximate surface area is 188 Å². The number of allylic oxidation sites excluding steroid dienone is 2. The molecule has 0 spiro atoms. The maximum absolute atomic E-state index is 12.9. The minimum absolute atomic E-state index is 0.0158. The fraction of sp³-hybridized carbons (Fsp3) is 0.250. The summed E-state index contributed by atoms with van der Waals surface area (Å²) in [7, 11) is 0. The van der Waals surface area contributed by atoms with E-state index in [4.69, 9.17) is 4.74 Å². The van der Waals surface area contributed by atoms with Gasteiger partial charge in [0, 0.05) is 10.0 Å². The fourth-order valence-corrected chi connectivity index (χ4v) is 4.37. The summed E-state index contributed by atoms with van der Waals surface area (Å²) < 4.78 is 6.00. The molecule has 1 saturated heterocycles. The lowest BCUT2D eigenvalue weighted by atomic mass is 9.78. The van der Waals surface area contributed by atoms with Crippen molar-refractivity contribution < 1.29 is 23.9 Å². The standard InChI is InChI=1S/C24H20BrNO5/c1-14-4-2-7-19-21(14)23(29)26(22(19)28)18-6-3-5-16(12-18)24(30)31-13-20(27)15-8-10-17(25)11-9-15/h2-6,8-12,14,19,21H,7,13H2,1H3/t14-,19-,21+/m0/s1. The molecular formula is C24H20BrNO5. The predicted octanol–water partition coefficient (Wildman–Crippen LogP) is 4.19. The van der Waals surface area contributed by atoms with Crippen LogP contribution in [0, 0.1) is 17.8 Å². The molecule has 3 atom stereocenters. The number of amides is 2. The molecule has 1 fully saturated rings. The lowest BCUT2D eigenvalue weighted by Crippen LogP contribution is -2.31. The van der Waals surface area contributed by atoms with Crippen LogP contribution in [-0.2, 0) is 14.3 Å². The first-order chi connectivity index (χ1) is 14.9. The highest BCUT2D eigenvalue weighted by Crippen LogP contribution is 2.40. The van der Waals surface area contributed by atoms with Gasteiger partial charge in [-0.1, -0.05) is 53.2 Å². The van der Waals surface area contributed by atoms with Gasteiger partial charge in [-0.25, -0.2) is 4.79 Å². The number of hydrogen-bond donors (Lipinski definition) is 0. The number of hydrogen-bond acceptors (Lipinski definition) is 5. The Morgan fingerprint density at radius 2 is 1.81 bits per heavy atom. The molecule has 6 nitrogen and oxygen atoms in total. The lowest BCUT2D eigenvalue weighted by Gasteiger charge is -2.22. The third kappa shape index (κ3) is 4.10. The molecule has 7 heteroatoms. The molecule has 4 rings (SSSR count). The van der Waals surface area contributed by atoms with Gasteiger partial charge in [-0.2, -0.15) is 0 Å². The van der Waals surface area contributed by atoms with Gasteiger partial charge in [0.25, 0.3) is 0 Å². The maximum atomic E-state index is 12.9. The Kier molecular flexibility index (Phi) is 5.87. The van der Waals surface area contributed by atoms with Crippen LogP contribution >= 0.6 is 15.9 Å². The van der Waals surface area contributed by atoms with E-state index in [0.717, 1.165) is 4.47 Å². The first-order valence-electron chi connectivity index (χ1n) is 9.97. The van der Waals surface area contributed by atoms with Gasteiger partial charge in [0.1, 0.15) is 0 Å². The van der Waals surface area contributed by atoms with E-state index in [-0.39, 0.29) is 40.9 Å². The molecule has 0 N–H and O–H groups in total. The van der Waals surface area contributed by atoms with Gasteiger partial charge in [0.15, 0.2) is 12.4 Å². The highest BCUT2D eigenvalue weighted by atomic mass is 79.9. The number of ether oxygens (including phenoxy) is 1. The van der Waals surface area contributed by atoms with Crippen LogP contribution in [0.5, 0.6) is 0 Å². The van der Waals surface area contributed by atoms with Crippen LogP contribution < -0.4 is 4.90 Å². The Hall–Kier alpha value is -3.06. The zero-order valence-corrected chi connectivity index (χ0v) is 18.4. The largest absolute Gasteiger partial charge is 0.454 e. The summed E-state index contributed by atoms with van der Waals surface area (Å²) in [5.74, 6) is -2.28. The summed E-state index contributed by atoms with van der Waals surface area (Å²) in [5, 5.41) is 0. The minimum atomic E-state index is -0.696. The first-order valence-corrected chi connectivity index (χ1v) is 10.8. The third-order valence-electron chi connectivity index (χ3n) is 5.71. The first kappa shape index (κ1) is 21.2. The van der Waals surface area contributed by atoms with Gasteiger partial charge >= 0.3 is 5.97 Å². The van der Waals surface area contributed by atoms with E-state index in [0.29, 0.717) is 17.7 Å². The van der Waals surface area contributed by atoms with E-state index in [1.165, 1.54) is 17.0 Å². The number of rotatable bonds is 5. The lowest BCUT2D eigenvalue weighted by molar-refractivity contribution is -0.122. The van der Waals surface area contributed by atoms with E-state index < -0.39 is 12.6 Å². The molecule has 2 aliphatic rings. The average Bonchev–Trinajstić information content (AvgIpc) is 3.03. The van der Waals surface area contributed by atoms with Crippen molar-refractivity contribution in [3.8, 4) is 0 Å². The van der Waals surface area contributed by atoms with Crippen molar-refractivity contribution in [3.05, 3.63) is 76.3 Å². The summed E-state index contributed by atoms with van der Waals surface area (Å²) in [4.78, 5) is 51.7. The molecule has 2 aromatic rings. The van der Waals surface area contributed by atoms with Crippen molar-refractivity contribution in [1.82, 2.24) is 0 Å². The van der Waals surface area contributed by atoms with Crippen molar-refractivity contribution in [2.24, 2.45) is 17.8 Å². The monoisotopic (exact) mass is 481 g/mol. The molecular weight excluding hydrogens is 462 g/mol. The molecule has 31 heavy (non-hydrogen) atoms. The highest BCUT2D eigenvalue weighted by Gasteiger charge is 2.50. The Morgan fingerprint density at radius 1 is 1.06 bits per heavy atom. The van der Waals surface area contributed by atoms with Crippen LogP contribution in [0.15, 0.2) is 65.2 Å². The summed E-state index contributed by atoms with van der Waals surface area (Å²) in [6, 6.07) is 12.9. The van der Waals surface area contributed by atoms with Crippen molar-refractivity contribution >= 4 is 45.2 Å². The number of imide groups is 1. The fourth-order valence-electron chi connectivity index (χ4n) is 4.11. The van der Waals surface area contributed by atoms with Crippen LogP contribution in [0.4, 0.5) is 5.69 Å². The van der Waals surface area contributed by atoms with Gasteiger partial charge in [0.2, 0.25) is 11.8 Å². The molecule has 1 aliphatic carbocycles. The van der Waals surface area contributed by atoms with Crippen molar-refractivity contribution in [2.75, 3.05) is 11.5 Å². The van der Waals surface area contributed by atoms with Crippen LogP contribution in [-0.4, -0.2) is 30.2 Å². The van der Waals surface area contributed by atoms with Crippen LogP contribution in [0.1, 0.15) is 34.1 Å². The summed E-state index contributed by atoms with van der Waals surface area (Å²) in [6.45, 7) is 1.53. The van der Waals surface area contributed by atoms with E-state index in [9.17, 15) is 19.2 Å². The number of Topliss-reactive ketones (excluding diaryl/α,β-unsaturated/α-hetero) is 1. The molecule has 1 aliphatic heterocycles. The zero-order chi connectivity index (χ0) is 22.1. The Balaban J connectivity index is 1.47. The number of benzene rings is 2. The summed E-state index contributed by atoms with van der Waals surface area (Å²) >= 11 is 3.30. The van der Waals surface area contributed by atoms with E-state index in [1.807, 2.05) is 19.1 Å². The summed E-state index contributed by atoms with van der Waals surface area (Å²) in [6.07, 6.45) is 4.44. The number of carbonyl (C=O) groups excluding carboxylic acids is 4. The van der Waals surface area contributed by atoms with E-state index in [1.54, 1.807) is 36.4 Å². The number of esters is 1. The maximum Gasteiger partial charge on any atom is 0.338 e. The second-order valence-corrected chi connectivity index (χ2v) is 8.64. The third-order valence-corrected chi connectivity index (χ3v) is 6.24. The van der Waals surface area contributed by atoms with Crippen LogP contribution in [0.25, 0.3) is 0 Å².